The highest BCUT2D eigenvalue weighted by molar-refractivity contribution is 6.31. The Balaban J connectivity index is 1.51. The first-order valence-electron chi connectivity index (χ1n) is 14.7. The van der Waals surface area contributed by atoms with Gasteiger partial charge in [0.05, 0.1) is 5.92 Å². The minimum Gasteiger partial charge on any atom is -0.444 e. The third kappa shape index (κ3) is 7.04. The molecule has 3 aromatic carbocycles. The van der Waals surface area contributed by atoms with Gasteiger partial charge >= 0.3 is 6.09 Å². The Labute approximate surface area is 253 Å². The average Bonchev–Trinajstić information content (AvgIpc) is 3.79. The maximum absolute atomic E-state index is 14.6. The van der Waals surface area contributed by atoms with Crippen LogP contribution in [0.2, 0.25) is 5.02 Å². The Kier molecular flexibility index (Phi) is 8.74. The Morgan fingerprint density at radius 1 is 0.929 bits per heavy atom. The van der Waals surface area contributed by atoms with Crippen LogP contribution in [0, 0.1) is 5.92 Å². The number of ketones is 1. The first-order chi connectivity index (χ1) is 20.0. The van der Waals surface area contributed by atoms with Crippen LogP contribution in [0.1, 0.15) is 64.0 Å². The molecular weight excluding hydrogens is 548 g/mol. The lowest BCUT2D eigenvalue weighted by Gasteiger charge is -2.40. The Morgan fingerprint density at radius 3 is 2.31 bits per heavy atom. The van der Waals surface area contributed by atoms with E-state index < -0.39 is 17.6 Å². The maximum atomic E-state index is 14.6. The number of piperidine rings is 1. The van der Waals surface area contributed by atoms with Crippen LogP contribution in [0.25, 0.3) is 11.1 Å². The van der Waals surface area contributed by atoms with Gasteiger partial charge in [-0.3, -0.25) is 9.59 Å². The predicted octanol–water partition coefficient (Wildman–Crippen LogP) is 7.67. The van der Waals surface area contributed by atoms with Gasteiger partial charge in [-0.1, -0.05) is 66.2 Å². The molecule has 0 spiro atoms. The largest absolute Gasteiger partial charge is 0.444 e. The summed E-state index contributed by atoms with van der Waals surface area (Å²) in [5, 5.41) is 0.515. The summed E-state index contributed by atoms with van der Waals surface area (Å²) < 4.78 is 5.71. The van der Waals surface area contributed by atoms with E-state index in [0.29, 0.717) is 23.6 Å². The molecule has 5 rings (SSSR count). The molecule has 1 aliphatic heterocycles. The summed E-state index contributed by atoms with van der Waals surface area (Å²) in [6, 6.07) is 24.2. The average molecular weight is 587 g/mol. The number of rotatable bonds is 7. The van der Waals surface area contributed by atoms with Crippen LogP contribution < -0.4 is 4.90 Å². The number of anilines is 1. The topological polar surface area (TPSA) is 66.9 Å². The third-order valence-corrected chi connectivity index (χ3v) is 8.27. The van der Waals surface area contributed by atoms with Crippen molar-refractivity contribution in [1.29, 1.82) is 0 Å². The van der Waals surface area contributed by atoms with Crippen molar-refractivity contribution in [1.82, 2.24) is 4.90 Å². The molecule has 0 bridgehead atoms. The molecule has 3 aromatic rings. The lowest BCUT2D eigenvalue weighted by atomic mass is 9.78. The lowest BCUT2D eigenvalue weighted by molar-refractivity contribution is -0.124. The third-order valence-electron chi connectivity index (χ3n) is 7.90. The second-order valence-electron chi connectivity index (χ2n) is 12.5. The van der Waals surface area contributed by atoms with Crippen molar-refractivity contribution in [3.05, 3.63) is 88.9 Å². The first kappa shape index (κ1) is 29.8. The molecule has 2 aliphatic rings. The van der Waals surface area contributed by atoms with E-state index in [1.54, 1.807) is 11.0 Å². The van der Waals surface area contributed by atoms with Gasteiger partial charge in [0, 0.05) is 36.3 Å². The zero-order valence-electron chi connectivity index (χ0n) is 24.8. The molecule has 1 aliphatic carbocycles. The molecule has 0 unspecified atom stereocenters. The normalized spacial score (nSPS) is 18.8. The van der Waals surface area contributed by atoms with Crippen molar-refractivity contribution in [3.63, 3.8) is 0 Å². The second kappa shape index (κ2) is 12.3. The molecular formula is C35H39ClN2O4. The fourth-order valence-electron chi connectivity index (χ4n) is 5.82. The van der Waals surface area contributed by atoms with E-state index in [1.165, 1.54) is 6.92 Å². The number of hydrogen-bond donors (Lipinski definition) is 0. The van der Waals surface area contributed by atoms with E-state index in [4.69, 9.17) is 16.3 Å². The van der Waals surface area contributed by atoms with Crippen molar-refractivity contribution in [2.45, 2.75) is 70.9 Å². The van der Waals surface area contributed by atoms with Crippen LogP contribution in [-0.2, 0) is 20.7 Å². The van der Waals surface area contributed by atoms with Crippen molar-refractivity contribution in [2.75, 3.05) is 18.0 Å². The fraction of sp³-hybridized carbons (Fsp3) is 0.400. The molecule has 1 saturated carbocycles. The van der Waals surface area contributed by atoms with E-state index in [2.05, 4.69) is 30.3 Å². The summed E-state index contributed by atoms with van der Waals surface area (Å²) in [6.07, 6.45) is 2.28. The van der Waals surface area contributed by atoms with Gasteiger partial charge in [0.15, 0.2) is 0 Å². The number of benzene rings is 3. The van der Waals surface area contributed by atoms with E-state index in [9.17, 15) is 14.4 Å². The molecule has 6 nitrogen and oxygen atoms in total. The zero-order chi connectivity index (χ0) is 30.0. The van der Waals surface area contributed by atoms with Gasteiger partial charge in [-0.05, 0) is 93.3 Å². The first-order valence-corrected chi connectivity index (χ1v) is 15.1. The van der Waals surface area contributed by atoms with Gasteiger partial charge < -0.3 is 14.5 Å². The quantitative estimate of drug-likeness (QED) is 0.285. The maximum Gasteiger partial charge on any atom is 0.410 e. The van der Waals surface area contributed by atoms with Crippen LogP contribution in [0.15, 0.2) is 72.8 Å². The molecule has 0 radical (unpaired) electrons. The molecule has 42 heavy (non-hydrogen) atoms. The summed E-state index contributed by atoms with van der Waals surface area (Å²) >= 11 is 6.43. The van der Waals surface area contributed by atoms with Crippen LogP contribution in [0.4, 0.5) is 10.5 Å². The Bertz CT molecular complexity index is 1460. The predicted molar refractivity (Wildman–Crippen MR) is 167 cm³/mol. The van der Waals surface area contributed by atoms with E-state index in [0.717, 1.165) is 35.2 Å². The highest BCUT2D eigenvalue weighted by atomic mass is 35.5. The lowest BCUT2D eigenvalue weighted by Crippen LogP contribution is -2.51. The number of amides is 2. The van der Waals surface area contributed by atoms with Gasteiger partial charge in [-0.2, -0.15) is 0 Å². The standard InChI is InChI=1S/C35H39ClN2O4/c1-23(39)19-27-21-29(15-16-32(27)36)38(28-13-14-28)33(40)31-22-37(34(41)42-35(2,3)4)18-17-30(31)26-12-8-11-25(20-26)24-9-6-5-7-10-24/h5-12,15-16,20-21,28,30-31H,13-14,17-19,22H2,1-4H3/t30-,31+/m1/s1. The summed E-state index contributed by atoms with van der Waals surface area (Å²) in [4.78, 5) is 43.3. The van der Waals surface area contributed by atoms with Gasteiger partial charge in [0.25, 0.3) is 0 Å². The van der Waals surface area contributed by atoms with Crippen molar-refractivity contribution >= 4 is 35.1 Å². The van der Waals surface area contributed by atoms with Gasteiger partial charge in [-0.25, -0.2) is 4.79 Å². The minimum absolute atomic E-state index is 0.0111. The molecule has 2 amide bonds. The molecule has 0 N–H and O–H groups in total. The SMILES string of the molecule is CC(=O)Cc1cc(N(C(=O)[C@H]2CN(C(=O)OC(C)(C)C)CC[C@@H]2c2cccc(-c3ccccc3)c2)C2CC2)ccc1Cl. The Hall–Kier alpha value is -3.64. The molecule has 220 valence electrons. The van der Waals surface area contributed by atoms with E-state index in [-0.39, 0.29) is 36.6 Å². The van der Waals surface area contributed by atoms with Crippen molar-refractivity contribution in [3.8, 4) is 11.1 Å². The highest BCUT2D eigenvalue weighted by Crippen LogP contribution is 2.41. The smallest absolute Gasteiger partial charge is 0.410 e. The monoisotopic (exact) mass is 586 g/mol. The van der Waals surface area contributed by atoms with Crippen LogP contribution in [-0.4, -0.2) is 47.4 Å². The molecule has 2 fully saturated rings. The zero-order valence-corrected chi connectivity index (χ0v) is 25.6. The molecule has 1 heterocycles. The second-order valence-corrected chi connectivity index (χ2v) is 12.9. The number of likely N-dealkylation sites (tertiary alicyclic amines) is 1. The van der Waals surface area contributed by atoms with Crippen LogP contribution >= 0.6 is 11.6 Å². The van der Waals surface area contributed by atoms with E-state index in [1.807, 2.05) is 62.1 Å². The molecule has 2 atom stereocenters. The van der Waals surface area contributed by atoms with Crippen molar-refractivity contribution < 1.29 is 19.1 Å². The minimum atomic E-state index is -0.631. The summed E-state index contributed by atoms with van der Waals surface area (Å²) in [5.74, 6) is -0.552. The fourth-order valence-corrected chi connectivity index (χ4v) is 6.00. The number of carbonyl (C=O) groups is 3. The van der Waals surface area contributed by atoms with Crippen molar-refractivity contribution in [2.24, 2.45) is 5.92 Å². The number of nitrogens with zero attached hydrogens (tertiary/aromatic N) is 2. The van der Waals surface area contributed by atoms with Crippen LogP contribution in [0.5, 0.6) is 0 Å². The number of halogens is 1. The van der Waals surface area contributed by atoms with Gasteiger partial charge in [0.2, 0.25) is 5.91 Å². The molecule has 1 saturated heterocycles. The number of Topliss-reactive ketones (excluding diaryl/α,β-unsaturated/α-hetero) is 1. The number of ether oxygens (including phenoxy) is 1. The highest BCUT2D eigenvalue weighted by Gasteiger charge is 2.44. The summed E-state index contributed by atoms with van der Waals surface area (Å²) in [5.41, 5.74) is 4.13. The van der Waals surface area contributed by atoms with Crippen LogP contribution in [0.3, 0.4) is 0 Å². The molecule has 7 heteroatoms. The summed E-state index contributed by atoms with van der Waals surface area (Å²) in [7, 11) is 0. The number of carbonyl (C=O) groups excluding carboxylic acids is 3. The number of hydrogen-bond acceptors (Lipinski definition) is 4. The molecule has 0 aromatic heterocycles. The summed E-state index contributed by atoms with van der Waals surface area (Å²) in [6.45, 7) is 7.86. The van der Waals surface area contributed by atoms with E-state index >= 15 is 0 Å². The van der Waals surface area contributed by atoms with Gasteiger partial charge in [-0.15, -0.1) is 0 Å². The van der Waals surface area contributed by atoms with Gasteiger partial charge in [0.1, 0.15) is 11.4 Å². The Morgan fingerprint density at radius 2 is 1.64 bits per heavy atom.